The zero-order chi connectivity index (χ0) is 12.4. The Labute approximate surface area is 96.0 Å². The van der Waals surface area contributed by atoms with Crippen LogP contribution in [0.2, 0.25) is 0 Å². The molecule has 0 amide bonds. The minimum Gasteiger partial charge on any atom is -0.317 e. The molecule has 0 aliphatic carbocycles. The maximum atomic E-state index is 11.8. The third-order valence-electron chi connectivity index (χ3n) is 2.30. The van der Waals surface area contributed by atoms with Crippen LogP contribution >= 0.6 is 0 Å². The fourth-order valence-electron chi connectivity index (χ4n) is 1.39. The van der Waals surface area contributed by atoms with Gasteiger partial charge < -0.3 is 10.6 Å². The Morgan fingerprint density at radius 3 is 2.25 bits per heavy atom. The van der Waals surface area contributed by atoms with E-state index in [4.69, 9.17) is 0 Å². The lowest BCUT2D eigenvalue weighted by atomic mass is 10.1. The highest BCUT2D eigenvalue weighted by Crippen LogP contribution is 2.21. The Morgan fingerprint density at radius 2 is 1.69 bits per heavy atom. The van der Waals surface area contributed by atoms with Gasteiger partial charge in [0.2, 0.25) is 0 Å². The van der Waals surface area contributed by atoms with Gasteiger partial charge in [-0.25, -0.2) is 0 Å². The molecule has 0 rings (SSSR count). The molecule has 0 heterocycles. The lowest BCUT2D eigenvalue weighted by molar-refractivity contribution is -0.135. The zero-order valence-electron chi connectivity index (χ0n) is 10.2. The van der Waals surface area contributed by atoms with E-state index in [1.165, 1.54) is 0 Å². The summed E-state index contributed by atoms with van der Waals surface area (Å²) in [6, 6.07) is 0. The van der Waals surface area contributed by atoms with Crippen LogP contribution in [0, 0.1) is 5.92 Å². The molecule has 0 aromatic carbocycles. The molecule has 1 atom stereocenters. The first-order chi connectivity index (χ1) is 7.45. The van der Waals surface area contributed by atoms with Crippen molar-refractivity contribution in [2.75, 3.05) is 26.2 Å². The summed E-state index contributed by atoms with van der Waals surface area (Å²) in [7, 11) is 0. The smallest absolute Gasteiger partial charge is 0.317 e. The Balaban J connectivity index is 3.20. The first-order valence-electron chi connectivity index (χ1n) is 5.94. The topological polar surface area (TPSA) is 24.1 Å². The van der Waals surface area contributed by atoms with Crippen LogP contribution in [0.4, 0.5) is 13.2 Å². The molecule has 0 aliphatic heterocycles. The van der Waals surface area contributed by atoms with E-state index < -0.39 is 12.6 Å². The maximum absolute atomic E-state index is 11.8. The highest BCUT2D eigenvalue weighted by molar-refractivity contribution is 4.60. The Morgan fingerprint density at radius 1 is 1.06 bits per heavy atom. The van der Waals surface area contributed by atoms with E-state index in [0.29, 0.717) is 18.9 Å². The molecule has 2 N–H and O–H groups in total. The number of alkyl halides is 3. The first kappa shape index (κ1) is 15.7. The Kier molecular flexibility index (Phi) is 8.66. The van der Waals surface area contributed by atoms with Crippen LogP contribution < -0.4 is 10.6 Å². The van der Waals surface area contributed by atoms with Crippen LogP contribution in [0.5, 0.6) is 0 Å². The van der Waals surface area contributed by atoms with Crippen molar-refractivity contribution < 1.29 is 13.2 Å². The van der Waals surface area contributed by atoms with Gasteiger partial charge in [-0.2, -0.15) is 13.2 Å². The van der Waals surface area contributed by atoms with Gasteiger partial charge in [0, 0.05) is 6.42 Å². The first-order valence-corrected chi connectivity index (χ1v) is 5.94. The summed E-state index contributed by atoms with van der Waals surface area (Å²) in [6.45, 7) is 7.61. The van der Waals surface area contributed by atoms with E-state index in [0.717, 1.165) is 19.6 Å². The molecule has 5 heteroatoms. The molecule has 0 aromatic rings. The van der Waals surface area contributed by atoms with Crippen molar-refractivity contribution in [1.82, 2.24) is 10.6 Å². The number of nitrogens with one attached hydrogen (secondary N) is 2. The van der Waals surface area contributed by atoms with Crippen molar-refractivity contribution in [2.24, 2.45) is 5.92 Å². The lowest BCUT2D eigenvalue weighted by Gasteiger charge is -2.13. The fraction of sp³-hybridized carbons (Fsp3) is 1.00. The van der Waals surface area contributed by atoms with Gasteiger partial charge in [0.1, 0.15) is 0 Å². The summed E-state index contributed by atoms with van der Waals surface area (Å²) in [4.78, 5) is 0. The predicted molar refractivity (Wildman–Crippen MR) is 60.5 cm³/mol. The second kappa shape index (κ2) is 8.82. The molecule has 98 valence electrons. The molecule has 0 aliphatic rings. The van der Waals surface area contributed by atoms with E-state index in [-0.39, 0.29) is 6.42 Å². The van der Waals surface area contributed by atoms with Crippen LogP contribution in [0.1, 0.15) is 33.1 Å². The van der Waals surface area contributed by atoms with E-state index in [2.05, 4.69) is 24.5 Å². The summed E-state index contributed by atoms with van der Waals surface area (Å²) in [6.07, 6.45) is -3.86. The van der Waals surface area contributed by atoms with Crippen molar-refractivity contribution >= 4 is 0 Å². The molecule has 1 unspecified atom stereocenters. The number of hydrogen-bond donors (Lipinski definition) is 2. The van der Waals surface area contributed by atoms with E-state index >= 15 is 0 Å². The Hall–Kier alpha value is -0.290. The summed E-state index contributed by atoms with van der Waals surface area (Å²) in [5.41, 5.74) is 0. The fourth-order valence-corrected chi connectivity index (χ4v) is 1.39. The van der Waals surface area contributed by atoms with Crippen LogP contribution in [0.15, 0.2) is 0 Å². The molecule has 0 bridgehead atoms. The molecule has 0 aromatic heterocycles. The number of halogens is 3. The van der Waals surface area contributed by atoms with Gasteiger partial charge in [-0.15, -0.1) is 0 Å². The van der Waals surface area contributed by atoms with Crippen molar-refractivity contribution in [3.8, 4) is 0 Å². The quantitative estimate of drug-likeness (QED) is 0.605. The predicted octanol–water partition coefficient (Wildman–Crippen LogP) is 2.55. The van der Waals surface area contributed by atoms with E-state index in [1.807, 2.05) is 0 Å². The largest absolute Gasteiger partial charge is 0.389 e. The normalized spacial score (nSPS) is 14.1. The third kappa shape index (κ3) is 11.8. The molecule has 2 nitrogen and oxygen atoms in total. The highest BCUT2D eigenvalue weighted by atomic mass is 19.4. The zero-order valence-corrected chi connectivity index (χ0v) is 10.2. The summed E-state index contributed by atoms with van der Waals surface area (Å²) >= 11 is 0. The van der Waals surface area contributed by atoms with Crippen molar-refractivity contribution in [1.29, 1.82) is 0 Å². The van der Waals surface area contributed by atoms with Gasteiger partial charge in [0.05, 0.1) is 0 Å². The van der Waals surface area contributed by atoms with Crippen LogP contribution in [-0.4, -0.2) is 32.4 Å². The number of unbranched alkanes of at least 4 members (excludes halogenated alkanes) is 1. The number of hydrogen-bond acceptors (Lipinski definition) is 2. The van der Waals surface area contributed by atoms with Gasteiger partial charge in [-0.1, -0.05) is 13.8 Å². The van der Waals surface area contributed by atoms with Crippen molar-refractivity contribution in [3.63, 3.8) is 0 Å². The third-order valence-corrected chi connectivity index (χ3v) is 2.30. The molecular formula is C11H23F3N2. The monoisotopic (exact) mass is 240 g/mol. The van der Waals surface area contributed by atoms with E-state index in [1.54, 1.807) is 0 Å². The summed E-state index contributed by atoms with van der Waals surface area (Å²) in [5, 5.41) is 6.40. The van der Waals surface area contributed by atoms with E-state index in [9.17, 15) is 13.2 Å². The second-order valence-electron chi connectivity index (χ2n) is 4.19. The van der Waals surface area contributed by atoms with Gasteiger partial charge in [0.15, 0.2) is 0 Å². The van der Waals surface area contributed by atoms with Gasteiger partial charge in [0.25, 0.3) is 0 Å². The number of rotatable bonds is 9. The summed E-state index contributed by atoms with van der Waals surface area (Å²) in [5.74, 6) is 0.516. The minimum absolute atomic E-state index is 0.220. The minimum atomic E-state index is -4.00. The van der Waals surface area contributed by atoms with Crippen molar-refractivity contribution in [3.05, 3.63) is 0 Å². The van der Waals surface area contributed by atoms with Gasteiger partial charge >= 0.3 is 6.18 Å². The standard InChI is InChI=1S/C11H23F3N2/c1-3-15-8-10(2)9-16-7-5-4-6-11(12,13)14/h10,15-16H,3-9H2,1-2H3. The van der Waals surface area contributed by atoms with Gasteiger partial charge in [-0.3, -0.25) is 0 Å². The second-order valence-corrected chi connectivity index (χ2v) is 4.19. The lowest BCUT2D eigenvalue weighted by Crippen LogP contribution is -2.30. The summed E-state index contributed by atoms with van der Waals surface area (Å²) < 4.78 is 35.4. The molecule has 0 radical (unpaired) electrons. The SMILES string of the molecule is CCNCC(C)CNCCCCC(F)(F)F. The molecule has 0 saturated carbocycles. The van der Waals surface area contributed by atoms with Crippen LogP contribution in [0.3, 0.4) is 0 Å². The molecule has 0 fully saturated rings. The average molecular weight is 240 g/mol. The molecular weight excluding hydrogens is 217 g/mol. The molecule has 0 spiro atoms. The molecule has 16 heavy (non-hydrogen) atoms. The van der Waals surface area contributed by atoms with Gasteiger partial charge in [-0.05, 0) is 44.9 Å². The Bertz CT molecular complexity index is 160. The average Bonchev–Trinajstić information content (AvgIpc) is 2.18. The maximum Gasteiger partial charge on any atom is 0.389 e. The highest BCUT2D eigenvalue weighted by Gasteiger charge is 2.25. The molecule has 0 saturated heterocycles. The van der Waals surface area contributed by atoms with Crippen LogP contribution in [0.25, 0.3) is 0 Å². The van der Waals surface area contributed by atoms with Crippen LogP contribution in [-0.2, 0) is 0 Å². The van der Waals surface area contributed by atoms with Crippen molar-refractivity contribution in [2.45, 2.75) is 39.3 Å².